The van der Waals surface area contributed by atoms with Gasteiger partial charge in [-0.25, -0.2) is 0 Å². The molecular formula is C14H17F3N2O. The second-order valence-corrected chi connectivity index (χ2v) is 4.08. The van der Waals surface area contributed by atoms with Crippen LogP contribution in [0.25, 0.3) is 0 Å². The van der Waals surface area contributed by atoms with Gasteiger partial charge in [0, 0.05) is 11.8 Å². The molecule has 20 heavy (non-hydrogen) atoms. The number of hydrogen-bond acceptors (Lipinski definition) is 2. The number of benzene rings is 1. The van der Waals surface area contributed by atoms with Gasteiger partial charge in [0.05, 0.1) is 6.42 Å². The molecule has 0 unspecified atom stereocenters. The molecule has 0 aromatic heterocycles. The summed E-state index contributed by atoms with van der Waals surface area (Å²) in [5.41, 5.74) is 7.95. The predicted molar refractivity (Wildman–Crippen MR) is 73.0 cm³/mol. The van der Waals surface area contributed by atoms with Crippen molar-refractivity contribution in [2.75, 3.05) is 0 Å². The van der Waals surface area contributed by atoms with Gasteiger partial charge in [-0.2, -0.15) is 13.2 Å². The van der Waals surface area contributed by atoms with Crippen LogP contribution in [0.2, 0.25) is 0 Å². The summed E-state index contributed by atoms with van der Waals surface area (Å²) in [5, 5.41) is 6.33. The van der Waals surface area contributed by atoms with E-state index >= 15 is 0 Å². The van der Waals surface area contributed by atoms with Crippen molar-refractivity contribution in [3.8, 4) is 0 Å². The highest BCUT2D eigenvalue weighted by Crippen LogP contribution is 2.19. The fourth-order valence-electron chi connectivity index (χ4n) is 1.16. The van der Waals surface area contributed by atoms with E-state index in [9.17, 15) is 18.0 Å². The van der Waals surface area contributed by atoms with E-state index < -0.39 is 12.6 Å². The summed E-state index contributed by atoms with van der Waals surface area (Å²) in [5.74, 6) is -0.367. The van der Waals surface area contributed by atoms with E-state index in [2.05, 4.69) is 0 Å². The van der Waals surface area contributed by atoms with Gasteiger partial charge in [-0.05, 0) is 43.2 Å². The van der Waals surface area contributed by atoms with Crippen LogP contribution in [0.15, 0.2) is 30.4 Å². The minimum absolute atomic E-state index is 0.367. The molecule has 6 heteroatoms. The Labute approximate surface area is 115 Å². The molecule has 0 heterocycles. The maximum absolute atomic E-state index is 11.3. The highest BCUT2D eigenvalue weighted by molar-refractivity contribution is 5.93. The van der Waals surface area contributed by atoms with Gasteiger partial charge in [0.25, 0.3) is 0 Å². The molecule has 1 rings (SSSR count). The maximum Gasteiger partial charge on any atom is 0.392 e. The summed E-state index contributed by atoms with van der Waals surface area (Å²) < 4.78 is 33.8. The van der Waals surface area contributed by atoms with Gasteiger partial charge in [-0.15, -0.1) is 0 Å². The van der Waals surface area contributed by atoms with Crippen molar-refractivity contribution >= 4 is 12.1 Å². The third-order valence-corrected chi connectivity index (χ3v) is 2.37. The molecular weight excluding hydrogens is 269 g/mol. The van der Waals surface area contributed by atoms with Gasteiger partial charge < -0.3 is 11.1 Å². The summed E-state index contributed by atoms with van der Waals surface area (Å²) in [6.45, 7) is 3.96. The minimum Gasteiger partial charge on any atom is -0.366 e. The van der Waals surface area contributed by atoms with E-state index in [4.69, 9.17) is 11.1 Å². The zero-order chi connectivity index (χ0) is 15.8. The van der Waals surface area contributed by atoms with Crippen LogP contribution in [-0.2, 0) is 0 Å². The number of nitrogens with two attached hydrogens (primary N) is 1. The zero-order valence-electron chi connectivity index (χ0n) is 11.3. The molecule has 0 aliphatic heterocycles. The van der Waals surface area contributed by atoms with E-state index in [1.807, 2.05) is 19.9 Å². The lowest BCUT2D eigenvalue weighted by atomic mass is 10.1. The third-order valence-electron chi connectivity index (χ3n) is 2.37. The number of primary amides is 1. The van der Waals surface area contributed by atoms with Gasteiger partial charge in [-0.3, -0.25) is 4.79 Å². The molecule has 3 nitrogen and oxygen atoms in total. The average Bonchev–Trinajstić information content (AvgIpc) is 2.32. The standard InChI is InChI=1S/C9H11NO.C5H6F3N/c1-6-3-4-8(9(10)11)5-7(6)2;6-5(7,8)3-1-2-4-9/h3-5H,1-2H3,(H2,10,11);1-2,4,9H,3H2/b;2-1-,9-4?. The van der Waals surface area contributed by atoms with E-state index in [0.717, 1.165) is 23.9 Å². The smallest absolute Gasteiger partial charge is 0.366 e. The number of hydrogen-bond donors (Lipinski definition) is 2. The molecule has 0 radical (unpaired) electrons. The topological polar surface area (TPSA) is 66.9 Å². The van der Waals surface area contributed by atoms with Gasteiger partial charge in [0.2, 0.25) is 5.91 Å². The molecule has 1 aromatic rings. The van der Waals surface area contributed by atoms with Gasteiger partial charge in [0.15, 0.2) is 0 Å². The van der Waals surface area contributed by atoms with Crippen LogP contribution in [0.5, 0.6) is 0 Å². The van der Waals surface area contributed by atoms with Crippen LogP contribution in [-0.4, -0.2) is 18.3 Å². The van der Waals surface area contributed by atoms with Crippen LogP contribution in [0.3, 0.4) is 0 Å². The van der Waals surface area contributed by atoms with Gasteiger partial charge in [-0.1, -0.05) is 12.1 Å². The number of amides is 1. The Balaban J connectivity index is 0.000000370. The number of nitrogens with one attached hydrogen (secondary N) is 1. The number of aryl methyl sites for hydroxylation is 2. The molecule has 0 aliphatic carbocycles. The highest BCUT2D eigenvalue weighted by Gasteiger charge is 2.24. The maximum atomic E-state index is 11.3. The SMILES string of the molecule is Cc1ccc(C(N)=O)cc1C.N=C/C=C\CC(F)(F)F. The van der Waals surface area contributed by atoms with E-state index in [0.29, 0.717) is 5.56 Å². The predicted octanol–water partition coefficient (Wildman–Crippen LogP) is 3.55. The second-order valence-electron chi connectivity index (χ2n) is 4.08. The molecule has 110 valence electrons. The van der Waals surface area contributed by atoms with E-state index in [1.54, 1.807) is 12.1 Å². The van der Waals surface area contributed by atoms with Crippen LogP contribution in [0.1, 0.15) is 27.9 Å². The summed E-state index contributed by atoms with van der Waals surface area (Å²) in [6, 6.07) is 5.44. The lowest BCUT2D eigenvalue weighted by Gasteiger charge is -2.00. The molecule has 0 atom stereocenters. The summed E-state index contributed by atoms with van der Waals surface area (Å²) in [7, 11) is 0. The normalized spacial score (nSPS) is 10.8. The molecule has 1 aromatic carbocycles. The quantitative estimate of drug-likeness (QED) is 0.820. The number of carbonyl (C=O) groups is 1. The molecule has 0 aliphatic rings. The van der Waals surface area contributed by atoms with Crippen molar-refractivity contribution in [1.82, 2.24) is 0 Å². The number of rotatable bonds is 3. The van der Waals surface area contributed by atoms with E-state index in [-0.39, 0.29) is 5.91 Å². The fraction of sp³-hybridized carbons (Fsp3) is 0.286. The summed E-state index contributed by atoms with van der Waals surface area (Å²) >= 11 is 0. The van der Waals surface area contributed by atoms with E-state index in [1.165, 1.54) is 5.56 Å². The second kappa shape index (κ2) is 8.14. The Bertz CT molecular complexity index is 494. The Hall–Kier alpha value is -2.11. The number of carbonyl (C=O) groups excluding carboxylic acids is 1. The molecule has 0 fully saturated rings. The highest BCUT2D eigenvalue weighted by atomic mass is 19.4. The summed E-state index contributed by atoms with van der Waals surface area (Å²) in [6.07, 6.45) is -2.34. The van der Waals surface area contributed by atoms with Crippen LogP contribution in [0, 0.1) is 19.3 Å². The van der Waals surface area contributed by atoms with Crippen molar-refractivity contribution in [3.63, 3.8) is 0 Å². The molecule has 1 amide bonds. The molecule has 0 saturated heterocycles. The Morgan fingerprint density at radius 2 is 1.90 bits per heavy atom. The molecule has 0 saturated carbocycles. The number of halogens is 3. The van der Waals surface area contributed by atoms with Crippen molar-refractivity contribution < 1.29 is 18.0 Å². The first-order valence-electron chi connectivity index (χ1n) is 5.76. The number of alkyl halides is 3. The van der Waals surface area contributed by atoms with Crippen molar-refractivity contribution in [1.29, 1.82) is 5.41 Å². The number of allylic oxidation sites excluding steroid dienone is 2. The monoisotopic (exact) mass is 286 g/mol. The van der Waals surface area contributed by atoms with Crippen LogP contribution >= 0.6 is 0 Å². The lowest BCUT2D eigenvalue weighted by Crippen LogP contribution is -2.10. The fourth-order valence-corrected chi connectivity index (χ4v) is 1.16. The first kappa shape index (κ1) is 17.9. The van der Waals surface area contributed by atoms with Crippen molar-refractivity contribution in [2.45, 2.75) is 26.4 Å². The average molecular weight is 286 g/mol. The van der Waals surface area contributed by atoms with Crippen LogP contribution < -0.4 is 5.73 Å². The molecule has 0 spiro atoms. The molecule has 0 bridgehead atoms. The Morgan fingerprint density at radius 1 is 1.30 bits per heavy atom. The molecule has 3 N–H and O–H groups in total. The first-order valence-corrected chi connectivity index (χ1v) is 5.76. The zero-order valence-corrected chi connectivity index (χ0v) is 11.3. The lowest BCUT2D eigenvalue weighted by molar-refractivity contribution is -0.124. The van der Waals surface area contributed by atoms with Crippen LogP contribution in [0.4, 0.5) is 13.2 Å². The summed E-state index contributed by atoms with van der Waals surface area (Å²) in [4.78, 5) is 10.7. The van der Waals surface area contributed by atoms with Gasteiger partial charge in [0.1, 0.15) is 0 Å². The Kier molecular flexibility index (Phi) is 7.28. The first-order chi connectivity index (χ1) is 9.17. The Morgan fingerprint density at radius 3 is 2.30 bits per heavy atom. The third kappa shape index (κ3) is 8.07. The largest absolute Gasteiger partial charge is 0.392 e. The van der Waals surface area contributed by atoms with Crippen molar-refractivity contribution in [3.05, 3.63) is 47.0 Å². The van der Waals surface area contributed by atoms with Crippen molar-refractivity contribution in [2.24, 2.45) is 5.73 Å². The van der Waals surface area contributed by atoms with Gasteiger partial charge >= 0.3 is 6.18 Å². The minimum atomic E-state index is -4.14.